The van der Waals surface area contributed by atoms with E-state index in [4.69, 9.17) is 37.0 Å². The van der Waals surface area contributed by atoms with E-state index in [1.165, 1.54) is 109 Å². The van der Waals surface area contributed by atoms with E-state index in [2.05, 4.69) is 65.8 Å². The van der Waals surface area contributed by atoms with Gasteiger partial charge >= 0.3 is 39.5 Å². The second kappa shape index (κ2) is 58.9. The summed E-state index contributed by atoms with van der Waals surface area (Å²) < 4.78 is 68.0. The number of hydrogen-bond acceptors (Lipinski definition) is 15. The lowest BCUT2D eigenvalue weighted by Crippen LogP contribution is -2.30. The molecule has 17 nitrogen and oxygen atoms in total. The highest BCUT2D eigenvalue weighted by atomic mass is 31.2. The van der Waals surface area contributed by atoms with E-state index in [0.717, 1.165) is 121 Å². The number of aliphatic hydroxyl groups excluding tert-OH is 1. The molecule has 2 unspecified atom stereocenters. The van der Waals surface area contributed by atoms with Crippen LogP contribution in [0.15, 0.2) is 24.3 Å². The monoisotopic (exact) mass is 1260 g/mol. The Labute approximate surface area is 522 Å². The van der Waals surface area contributed by atoms with Gasteiger partial charge in [-0.2, -0.15) is 0 Å². The molecule has 0 bridgehead atoms. The highest BCUT2D eigenvalue weighted by Gasteiger charge is 2.30. The van der Waals surface area contributed by atoms with Crippen LogP contribution < -0.4 is 0 Å². The first-order chi connectivity index (χ1) is 41.4. The van der Waals surface area contributed by atoms with Gasteiger partial charge in [0.25, 0.3) is 0 Å². The zero-order chi connectivity index (χ0) is 63.6. The normalized spacial score (nSPS) is 14.4. The van der Waals surface area contributed by atoms with E-state index >= 15 is 0 Å². The Morgan fingerprint density at radius 1 is 0.360 bits per heavy atom. The SMILES string of the molecule is CCCCCC/C=C\C=C/CCCCCCCC(=O)O[C@H](COC(=O)CCCCCCCCCCCC(C)C)COP(=O)(O)OC[C@@H](O)COP(=O)(O)OC[C@@H](COC(=O)CCCCCCCCCC)OC(=O)CCCCCCCCCCC(C)C. The molecular formula is C67H126O17P2. The molecule has 0 spiro atoms. The molecule has 0 aromatic rings. The fourth-order valence-corrected chi connectivity index (χ4v) is 11.1. The van der Waals surface area contributed by atoms with Crippen LogP contribution in [-0.4, -0.2) is 96.7 Å². The van der Waals surface area contributed by atoms with Crippen LogP contribution in [0.1, 0.15) is 311 Å². The molecule has 86 heavy (non-hydrogen) atoms. The number of unbranched alkanes of at least 4 members (excludes halogenated alkanes) is 31. The Hall–Kier alpha value is -2.46. The van der Waals surface area contributed by atoms with Crippen molar-refractivity contribution in [3.05, 3.63) is 24.3 Å². The number of allylic oxidation sites excluding steroid dienone is 4. The van der Waals surface area contributed by atoms with Gasteiger partial charge in [-0.15, -0.1) is 0 Å². The molecule has 19 heteroatoms. The molecule has 0 saturated carbocycles. The summed E-state index contributed by atoms with van der Waals surface area (Å²) in [6.45, 7) is 9.36. The van der Waals surface area contributed by atoms with Crippen LogP contribution in [0.3, 0.4) is 0 Å². The predicted molar refractivity (Wildman–Crippen MR) is 344 cm³/mol. The van der Waals surface area contributed by atoms with Gasteiger partial charge < -0.3 is 33.8 Å². The van der Waals surface area contributed by atoms with Crippen LogP contribution in [-0.2, 0) is 65.4 Å². The summed E-state index contributed by atoms with van der Waals surface area (Å²) in [7, 11) is -9.90. The number of phosphoric ester groups is 2. The number of carbonyl (C=O) groups excluding carboxylic acids is 4. The molecule has 0 aromatic heterocycles. The first-order valence-corrected chi connectivity index (χ1v) is 37.3. The highest BCUT2D eigenvalue weighted by molar-refractivity contribution is 7.47. The number of phosphoric acid groups is 2. The standard InChI is InChI=1S/C67H126O17P2/c1-7-9-11-13-15-17-18-19-20-21-22-25-33-39-45-51-66(71)83-63(56-78-65(70)50-44-38-32-26-23-24-29-35-41-47-59(3)4)58-82-86(75,76)80-54-61(68)53-79-85(73,74)81-57-62(55-77-64(69)49-43-37-31-16-14-12-10-8-2)84-67(72)52-46-40-34-28-27-30-36-42-48-60(5)6/h17-20,59-63,68H,7-16,21-58H2,1-6H3,(H,73,74)(H,75,76)/b18-17-,20-19-/t61-,62+,63+/m0/s1. The maximum Gasteiger partial charge on any atom is 0.472 e. The minimum absolute atomic E-state index is 0.0843. The van der Waals surface area contributed by atoms with Crippen molar-refractivity contribution >= 4 is 39.5 Å². The largest absolute Gasteiger partial charge is 0.472 e. The Kier molecular flexibility index (Phi) is 57.2. The molecule has 3 N–H and O–H groups in total. The van der Waals surface area contributed by atoms with Crippen LogP contribution in [0.2, 0.25) is 0 Å². The van der Waals surface area contributed by atoms with E-state index in [0.29, 0.717) is 25.7 Å². The number of esters is 4. The summed E-state index contributed by atoms with van der Waals surface area (Å²) in [5.41, 5.74) is 0. The van der Waals surface area contributed by atoms with Crippen molar-refractivity contribution in [2.75, 3.05) is 39.6 Å². The van der Waals surface area contributed by atoms with Gasteiger partial charge in [0.1, 0.15) is 19.3 Å². The predicted octanol–water partition coefficient (Wildman–Crippen LogP) is 18.4. The van der Waals surface area contributed by atoms with Crippen molar-refractivity contribution in [3.8, 4) is 0 Å². The van der Waals surface area contributed by atoms with Gasteiger partial charge in [-0.1, -0.05) is 258 Å². The first-order valence-electron chi connectivity index (χ1n) is 34.3. The molecule has 0 radical (unpaired) electrons. The van der Waals surface area contributed by atoms with Crippen LogP contribution >= 0.6 is 15.6 Å². The molecule has 0 aliphatic heterocycles. The van der Waals surface area contributed by atoms with Crippen LogP contribution in [0.25, 0.3) is 0 Å². The van der Waals surface area contributed by atoms with Gasteiger partial charge in [0.15, 0.2) is 12.2 Å². The minimum Gasteiger partial charge on any atom is -0.462 e. The van der Waals surface area contributed by atoms with E-state index in [1.807, 2.05) is 0 Å². The number of rotatable bonds is 64. The maximum absolute atomic E-state index is 13.0. The summed E-state index contributed by atoms with van der Waals surface area (Å²) in [6, 6.07) is 0. The zero-order valence-electron chi connectivity index (χ0n) is 55.1. The van der Waals surface area contributed by atoms with E-state index in [-0.39, 0.29) is 25.7 Å². The van der Waals surface area contributed by atoms with Crippen LogP contribution in [0.4, 0.5) is 0 Å². The average Bonchev–Trinajstić information content (AvgIpc) is 3.46. The van der Waals surface area contributed by atoms with Gasteiger partial charge in [0, 0.05) is 25.7 Å². The van der Waals surface area contributed by atoms with Gasteiger partial charge in [-0.05, 0) is 63.2 Å². The lowest BCUT2D eigenvalue weighted by Gasteiger charge is -2.21. The number of carbonyl (C=O) groups is 4. The second-order valence-electron chi connectivity index (χ2n) is 24.5. The van der Waals surface area contributed by atoms with Crippen LogP contribution in [0, 0.1) is 11.8 Å². The molecule has 0 aliphatic rings. The smallest absolute Gasteiger partial charge is 0.462 e. The molecule has 0 aromatic carbocycles. The molecule has 0 amide bonds. The Morgan fingerprint density at radius 2 is 0.628 bits per heavy atom. The number of aliphatic hydroxyl groups is 1. The maximum atomic E-state index is 13.0. The molecule has 5 atom stereocenters. The molecule has 0 fully saturated rings. The van der Waals surface area contributed by atoms with Crippen molar-refractivity contribution in [1.29, 1.82) is 0 Å². The summed E-state index contributed by atoms with van der Waals surface area (Å²) in [4.78, 5) is 72.3. The highest BCUT2D eigenvalue weighted by Crippen LogP contribution is 2.45. The number of hydrogen-bond donors (Lipinski definition) is 3. The summed E-state index contributed by atoms with van der Waals surface area (Å²) in [5.74, 6) is -0.706. The number of ether oxygens (including phenoxy) is 4. The second-order valence-corrected chi connectivity index (χ2v) is 27.4. The molecule has 0 saturated heterocycles. The lowest BCUT2D eigenvalue weighted by molar-refractivity contribution is -0.161. The first kappa shape index (κ1) is 83.5. The Bertz CT molecular complexity index is 1780. The molecular weight excluding hydrogens is 1140 g/mol. The molecule has 0 heterocycles. The van der Waals surface area contributed by atoms with E-state index in [1.54, 1.807) is 0 Å². The zero-order valence-corrected chi connectivity index (χ0v) is 56.9. The van der Waals surface area contributed by atoms with Gasteiger partial charge in [0.2, 0.25) is 0 Å². The topological polar surface area (TPSA) is 237 Å². The van der Waals surface area contributed by atoms with Crippen molar-refractivity contribution in [2.45, 2.75) is 330 Å². The van der Waals surface area contributed by atoms with Crippen LogP contribution in [0.5, 0.6) is 0 Å². The summed E-state index contributed by atoms with van der Waals surface area (Å²) in [5, 5.41) is 10.5. The molecule has 0 rings (SSSR count). The van der Waals surface area contributed by atoms with E-state index < -0.39 is 97.5 Å². The summed E-state index contributed by atoms with van der Waals surface area (Å²) >= 11 is 0. The lowest BCUT2D eigenvalue weighted by atomic mass is 10.0. The third-order valence-electron chi connectivity index (χ3n) is 14.8. The van der Waals surface area contributed by atoms with Crippen molar-refractivity contribution in [1.82, 2.24) is 0 Å². The van der Waals surface area contributed by atoms with Crippen molar-refractivity contribution in [3.63, 3.8) is 0 Å². The molecule has 0 aliphatic carbocycles. The fraction of sp³-hybridized carbons (Fsp3) is 0.881. The summed E-state index contributed by atoms with van der Waals surface area (Å²) in [6.07, 6.45) is 45.4. The van der Waals surface area contributed by atoms with E-state index in [9.17, 15) is 43.2 Å². The third kappa shape index (κ3) is 60.5. The third-order valence-corrected chi connectivity index (χ3v) is 16.7. The van der Waals surface area contributed by atoms with Crippen molar-refractivity contribution < 1.29 is 80.2 Å². The van der Waals surface area contributed by atoms with Gasteiger partial charge in [-0.3, -0.25) is 37.3 Å². The quantitative estimate of drug-likeness (QED) is 0.0169. The van der Waals surface area contributed by atoms with Gasteiger partial charge in [-0.25, -0.2) is 9.13 Å². The van der Waals surface area contributed by atoms with Crippen molar-refractivity contribution in [2.24, 2.45) is 11.8 Å². The fourth-order valence-electron chi connectivity index (χ4n) is 9.52. The Morgan fingerprint density at radius 3 is 0.953 bits per heavy atom. The minimum atomic E-state index is -4.96. The Balaban J connectivity index is 5.27. The van der Waals surface area contributed by atoms with Gasteiger partial charge in [0.05, 0.1) is 26.4 Å². The average molecular weight is 1270 g/mol. The molecule has 506 valence electrons.